The third-order valence-electron chi connectivity index (χ3n) is 2.62. The maximum Gasteiger partial charge on any atom is 0.219 e. The number of carbonyl (C=O) groups excluding carboxylic acids is 1. The lowest BCUT2D eigenvalue weighted by Crippen LogP contribution is -2.60. The first kappa shape index (κ1) is 10.0. The van der Waals surface area contributed by atoms with E-state index in [1.54, 1.807) is 13.3 Å². The Balaban J connectivity index is 1.78. The minimum atomic E-state index is 0.147. The molecule has 82 valence electrons. The average molecular weight is 208 g/mol. The van der Waals surface area contributed by atoms with E-state index in [1.807, 2.05) is 17.9 Å². The summed E-state index contributed by atoms with van der Waals surface area (Å²) in [4.78, 5) is 16.9. The Morgan fingerprint density at radius 2 is 2.40 bits per heavy atom. The Morgan fingerprint density at radius 1 is 1.67 bits per heavy atom. The van der Waals surface area contributed by atoms with E-state index in [0.29, 0.717) is 6.04 Å². The molecule has 0 aromatic carbocycles. The van der Waals surface area contributed by atoms with Gasteiger partial charge in [0.05, 0.1) is 18.4 Å². The van der Waals surface area contributed by atoms with Crippen LogP contribution in [-0.2, 0) is 4.79 Å². The van der Waals surface area contributed by atoms with Gasteiger partial charge >= 0.3 is 0 Å². The van der Waals surface area contributed by atoms with Gasteiger partial charge in [0.25, 0.3) is 0 Å². The molecule has 1 fully saturated rings. The molecule has 2 N–H and O–H groups in total. The lowest BCUT2D eigenvalue weighted by Gasteiger charge is -2.40. The summed E-state index contributed by atoms with van der Waals surface area (Å²) >= 11 is 0. The second-order valence-corrected chi connectivity index (χ2v) is 4.01. The molecule has 1 amide bonds. The van der Waals surface area contributed by atoms with Crippen LogP contribution in [0.15, 0.2) is 16.9 Å². The van der Waals surface area contributed by atoms with Gasteiger partial charge in [0.2, 0.25) is 5.91 Å². The fraction of sp³-hybridized carbons (Fsp3) is 0.600. The summed E-state index contributed by atoms with van der Waals surface area (Å²) in [6.45, 7) is 5.21. The predicted octanol–water partition coefficient (Wildman–Crippen LogP) is -0.332. The van der Waals surface area contributed by atoms with Crippen LogP contribution in [-0.4, -0.2) is 42.3 Å². The number of rotatable bonds is 2. The molecule has 2 rings (SSSR count). The van der Waals surface area contributed by atoms with Crippen LogP contribution in [0.2, 0.25) is 0 Å². The van der Waals surface area contributed by atoms with E-state index in [4.69, 9.17) is 0 Å². The molecule has 0 bridgehead atoms. The van der Waals surface area contributed by atoms with Gasteiger partial charge in [0.1, 0.15) is 5.82 Å². The summed E-state index contributed by atoms with van der Waals surface area (Å²) in [5.41, 5.74) is 0. The van der Waals surface area contributed by atoms with Crippen molar-refractivity contribution in [2.45, 2.75) is 25.9 Å². The summed E-state index contributed by atoms with van der Waals surface area (Å²) in [5.74, 6) is 1.14. The number of nitrogens with zero attached hydrogens (tertiary/aromatic N) is 2. The molecule has 5 heteroatoms. The molecule has 2 heterocycles. The van der Waals surface area contributed by atoms with Crippen molar-refractivity contribution in [2.24, 2.45) is 4.99 Å². The van der Waals surface area contributed by atoms with Gasteiger partial charge in [-0.05, 0) is 13.0 Å². The monoisotopic (exact) mass is 208 g/mol. The van der Waals surface area contributed by atoms with Crippen molar-refractivity contribution in [1.82, 2.24) is 15.5 Å². The minimum absolute atomic E-state index is 0.147. The zero-order valence-electron chi connectivity index (χ0n) is 9.03. The van der Waals surface area contributed by atoms with Crippen molar-refractivity contribution in [3.05, 3.63) is 11.9 Å². The number of hydrogen-bond acceptors (Lipinski definition) is 4. The zero-order valence-corrected chi connectivity index (χ0v) is 9.03. The van der Waals surface area contributed by atoms with E-state index >= 15 is 0 Å². The predicted molar refractivity (Wildman–Crippen MR) is 58.4 cm³/mol. The van der Waals surface area contributed by atoms with E-state index in [9.17, 15) is 4.79 Å². The van der Waals surface area contributed by atoms with E-state index in [-0.39, 0.29) is 11.9 Å². The molecule has 0 spiro atoms. The Labute approximate surface area is 89.2 Å². The van der Waals surface area contributed by atoms with Crippen LogP contribution in [0.25, 0.3) is 0 Å². The first-order chi connectivity index (χ1) is 7.15. The highest BCUT2D eigenvalue weighted by molar-refractivity contribution is 5.74. The van der Waals surface area contributed by atoms with Crippen LogP contribution in [0.1, 0.15) is 13.8 Å². The lowest BCUT2D eigenvalue weighted by atomic mass is 10.1. The topological polar surface area (TPSA) is 56.7 Å². The molecule has 0 saturated carbocycles. The number of carbonyl (C=O) groups is 1. The lowest BCUT2D eigenvalue weighted by molar-refractivity contribution is -0.133. The van der Waals surface area contributed by atoms with Crippen molar-refractivity contribution in [3.8, 4) is 0 Å². The molecule has 0 radical (unpaired) electrons. The van der Waals surface area contributed by atoms with Crippen molar-refractivity contribution >= 4 is 12.2 Å². The number of hydrogen-bond donors (Lipinski definition) is 2. The van der Waals surface area contributed by atoms with Gasteiger partial charge in [-0.15, -0.1) is 0 Å². The second kappa shape index (κ2) is 3.92. The van der Waals surface area contributed by atoms with Gasteiger partial charge in [-0.3, -0.25) is 9.79 Å². The summed E-state index contributed by atoms with van der Waals surface area (Å²) in [6.07, 6.45) is 3.74. The molecule has 1 atom stereocenters. The molecule has 1 saturated heterocycles. The molecular formula is C10H16N4O. The van der Waals surface area contributed by atoms with E-state index < -0.39 is 0 Å². The van der Waals surface area contributed by atoms with Crippen LogP contribution in [0.4, 0.5) is 0 Å². The molecule has 0 aliphatic carbocycles. The van der Waals surface area contributed by atoms with Crippen LogP contribution < -0.4 is 10.6 Å². The molecule has 1 unspecified atom stereocenters. The highest BCUT2D eigenvalue weighted by Crippen LogP contribution is 2.09. The fourth-order valence-corrected chi connectivity index (χ4v) is 1.69. The number of aliphatic imine (C=N–C) groups is 1. The maximum atomic E-state index is 11.0. The Bertz CT molecular complexity index is 317. The zero-order chi connectivity index (χ0) is 10.8. The summed E-state index contributed by atoms with van der Waals surface area (Å²) in [7, 11) is 0. The van der Waals surface area contributed by atoms with Crippen LogP contribution in [0.5, 0.6) is 0 Å². The van der Waals surface area contributed by atoms with Gasteiger partial charge in [-0.25, -0.2) is 0 Å². The van der Waals surface area contributed by atoms with Gasteiger partial charge in [0, 0.05) is 20.0 Å². The normalized spacial score (nSPS) is 25.3. The highest BCUT2D eigenvalue weighted by Gasteiger charge is 2.28. The molecule has 0 aromatic heterocycles. The van der Waals surface area contributed by atoms with Gasteiger partial charge in [-0.2, -0.15) is 0 Å². The third kappa shape index (κ3) is 2.29. The molecule has 5 nitrogen and oxygen atoms in total. The van der Waals surface area contributed by atoms with Crippen LogP contribution in [0, 0.1) is 0 Å². The number of nitrogens with one attached hydrogen (secondary N) is 2. The van der Waals surface area contributed by atoms with Gasteiger partial charge < -0.3 is 15.5 Å². The van der Waals surface area contributed by atoms with E-state index in [0.717, 1.165) is 18.9 Å². The Kier molecular flexibility index (Phi) is 2.62. The van der Waals surface area contributed by atoms with Gasteiger partial charge in [-0.1, -0.05) is 0 Å². The second-order valence-electron chi connectivity index (χ2n) is 4.01. The number of amides is 1. The third-order valence-corrected chi connectivity index (χ3v) is 2.62. The molecular weight excluding hydrogens is 192 g/mol. The fourth-order valence-electron chi connectivity index (χ4n) is 1.69. The summed E-state index contributed by atoms with van der Waals surface area (Å²) < 4.78 is 0. The smallest absolute Gasteiger partial charge is 0.219 e. The SMILES string of the molecule is CC(=O)N1CC(NC2=CC(C)N=CN2)C1. The Hall–Kier alpha value is -1.52. The van der Waals surface area contributed by atoms with E-state index in [2.05, 4.69) is 15.6 Å². The maximum absolute atomic E-state index is 11.0. The average Bonchev–Trinajstić information content (AvgIpc) is 2.10. The summed E-state index contributed by atoms with van der Waals surface area (Å²) in [6, 6.07) is 0.587. The molecule has 2 aliphatic rings. The first-order valence-electron chi connectivity index (χ1n) is 5.17. The van der Waals surface area contributed by atoms with Crippen LogP contribution >= 0.6 is 0 Å². The molecule has 15 heavy (non-hydrogen) atoms. The van der Waals surface area contributed by atoms with Crippen molar-refractivity contribution < 1.29 is 4.79 Å². The largest absolute Gasteiger partial charge is 0.365 e. The first-order valence-corrected chi connectivity index (χ1v) is 5.17. The molecule has 0 aromatic rings. The standard InChI is InChI=1S/C10H16N4O/c1-7-3-10(12-6-11-7)13-9-4-14(5-9)8(2)15/h3,6-7,9,13H,4-5H2,1-2H3,(H,11,12). The minimum Gasteiger partial charge on any atom is -0.365 e. The number of likely N-dealkylation sites (tertiary alicyclic amines) is 1. The molecule has 2 aliphatic heterocycles. The Morgan fingerprint density at radius 3 is 3.00 bits per heavy atom. The van der Waals surface area contributed by atoms with E-state index in [1.165, 1.54) is 0 Å². The summed E-state index contributed by atoms with van der Waals surface area (Å²) in [5, 5.41) is 6.38. The quantitative estimate of drug-likeness (QED) is 0.653. The van der Waals surface area contributed by atoms with Gasteiger partial charge in [0.15, 0.2) is 0 Å². The van der Waals surface area contributed by atoms with Crippen molar-refractivity contribution in [3.63, 3.8) is 0 Å². The van der Waals surface area contributed by atoms with Crippen molar-refractivity contribution in [1.29, 1.82) is 0 Å². The highest BCUT2D eigenvalue weighted by atomic mass is 16.2. The van der Waals surface area contributed by atoms with Crippen LogP contribution in [0.3, 0.4) is 0 Å². The van der Waals surface area contributed by atoms with Crippen molar-refractivity contribution in [2.75, 3.05) is 13.1 Å².